The van der Waals surface area contributed by atoms with Gasteiger partial charge in [-0.15, -0.1) is 0 Å². The Hall–Kier alpha value is -1.94. The van der Waals surface area contributed by atoms with E-state index >= 15 is 0 Å². The molecule has 1 saturated heterocycles. The van der Waals surface area contributed by atoms with Gasteiger partial charge in [-0.3, -0.25) is 14.9 Å². The largest absolute Gasteiger partial charge is 0.348 e. The van der Waals surface area contributed by atoms with E-state index in [0.29, 0.717) is 0 Å². The van der Waals surface area contributed by atoms with Crippen LogP contribution < -0.4 is 10.2 Å². The van der Waals surface area contributed by atoms with Gasteiger partial charge >= 0.3 is 0 Å². The Balaban J connectivity index is 2.47. The topological polar surface area (TPSA) is 73.2 Å². The Morgan fingerprint density at radius 3 is 2.84 bits per heavy atom. The minimum Gasteiger partial charge on any atom is -0.348 e. The number of carbonyl (C=O) groups excluding carboxylic acids is 2. The molecule has 0 bridgehead atoms. The van der Waals surface area contributed by atoms with Crippen LogP contribution in [0, 0.1) is 17.1 Å². The highest BCUT2D eigenvalue weighted by molar-refractivity contribution is 9.10. The highest BCUT2D eigenvalue weighted by Gasteiger charge is 2.32. The number of imide groups is 1. The van der Waals surface area contributed by atoms with Gasteiger partial charge in [0.1, 0.15) is 12.1 Å². The summed E-state index contributed by atoms with van der Waals surface area (Å²) in [6, 6.07) is 4.01. The van der Waals surface area contributed by atoms with Gasteiger partial charge in [0.25, 0.3) is 0 Å². The van der Waals surface area contributed by atoms with E-state index < -0.39 is 23.7 Å². The summed E-state index contributed by atoms with van der Waals surface area (Å²) in [4.78, 5) is 24.3. The first-order valence-electron chi connectivity index (χ1n) is 5.44. The van der Waals surface area contributed by atoms with E-state index in [1.54, 1.807) is 6.92 Å². The fourth-order valence-corrected chi connectivity index (χ4v) is 2.28. The maximum atomic E-state index is 14.2. The minimum atomic E-state index is -0.660. The van der Waals surface area contributed by atoms with E-state index in [9.17, 15) is 14.0 Å². The molecule has 1 atom stereocenters. The Morgan fingerprint density at radius 1 is 1.53 bits per heavy atom. The number of nitrogens with one attached hydrogen (secondary N) is 1. The molecule has 2 amide bonds. The molecule has 1 aromatic rings. The zero-order valence-corrected chi connectivity index (χ0v) is 11.5. The number of halogens is 2. The number of benzene rings is 1. The third-order valence-corrected chi connectivity index (χ3v) is 3.69. The molecule has 1 aliphatic heterocycles. The molecule has 0 aliphatic carbocycles. The number of hydrogen-bond donors (Lipinski definition) is 1. The molecule has 0 spiro atoms. The van der Waals surface area contributed by atoms with Crippen LogP contribution in [-0.2, 0) is 9.59 Å². The molecular formula is C12H9BrFN3O2. The van der Waals surface area contributed by atoms with E-state index in [1.807, 2.05) is 6.07 Å². The van der Waals surface area contributed by atoms with Crippen molar-refractivity contribution in [2.75, 3.05) is 11.4 Å². The summed E-state index contributed by atoms with van der Waals surface area (Å²) < 4.78 is 14.2. The van der Waals surface area contributed by atoms with E-state index in [2.05, 4.69) is 21.2 Å². The third-order valence-electron chi connectivity index (χ3n) is 2.92. The lowest BCUT2D eigenvalue weighted by atomic mass is 10.1. The zero-order chi connectivity index (χ0) is 14.2. The first-order chi connectivity index (χ1) is 8.95. The number of nitriles is 1. The summed E-state index contributed by atoms with van der Waals surface area (Å²) in [5, 5.41) is 11.0. The second-order valence-corrected chi connectivity index (χ2v) is 4.88. The lowest BCUT2D eigenvalue weighted by Gasteiger charge is -2.33. The van der Waals surface area contributed by atoms with Crippen LogP contribution in [0.1, 0.15) is 12.5 Å². The van der Waals surface area contributed by atoms with Crippen molar-refractivity contribution in [3.8, 4) is 6.07 Å². The van der Waals surface area contributed by atoms with Crippen molar-refractivity contribution >= 4 is 33.4 Å². The molecular weight excluding hydrogens is 317 g/mol. The maximum Gasteiger partial charge on any atom is 0.249 e. The summed E-state index contributed by atoms with van der Waals surface area (Å²) in [6.45, 7) is 1.47. The molecule has 19 heavy (non-hydrogen) atoms. The van der Waals surface area contributed by atoms with Crippen molar-refractivity contribution in [2.24, 2.45) is 0 Å². The normalized spacial score (nSPS) is 19.1. The number of rotatable bonds is 1. The van der Waals surface area contributed by atoms with Gasteiger partial charge < -0.3 is 4.90 Å². The molecule has 1 heterocycles. The summed E-state index contributed by atoms with van der Waals surface area (Å²) in [6.07, 6.45) is 0. The zero-order valence-electron chi connectivity index (χ0n) is 9.91. The van der Waals surface area contributed by atoms with E-state index in [0.717, 1.165) is 0 Å². The number of piperazine rings is 1. The third kappa shape index (κ3) is 2.31. The standard InChI is InChI=1S/C12H9BrFN3O2/c1-6-12(19)16-9(18)5-17(6)8-3-2-7(4-15)10(13)11(8)14/h2-3,6H,5H2,1H3,(H,16,18,19). The summed E-state index contributed by atoms with van der Waals surface area (Å²) >= 11 is 3.00. The van der Waals surface area contributed by atoms with E-state index in [4.69, 9.17) is 5.26 Å². The Kier molecular flexibility index (Phi) is 3.53. The predicted octanol–water partition coefficient (Wildman–Crippen LogP) is 1.31. The van der Waals surface area contributed by atoms with Crippen molar-refractivity contribution < 1.29 is 14.0 Å². The Morgan fingerprint density at radius 2 is 2.21 bits per heavy atom. The fourth-order valence-electron chi connectivity index (χ4n) is 1.86. The first kappa shape index (κ1) is 13.5. The van der Waals surface area contributed by atoms with Crippen LogP contribution >= 0.6 is 15.9 Å². The average molecular weight is 326 g/mol. The summed E-state index contributed by atoms with van der Waals surface area (Å²) in [7, 11) is 0. The SMILES string of the molecule is CC1C(=O)NC(=O)CN1c1ccc(C#N)c(Br)c1F. The number of amides is 2. The molecule has 7 heteroatoms. The van der Waals surface area contributed by atoms with Gasteiger partial charge in [-0.1, -0.05) is 0 Å². The van der Waals surface area contributed by atoms with E-state index in [-0.39, 0.29) is 22.3 Å². The number of nitrogens with zero attached hydrogens (tertiary/aromatic N) is 2. The van der Waals surface area contributed by atoms with Crippen LogP contribution in [0.15, 0.2) is 16.6 Å². The highest BCUT2D eigenvalue weighted by atomic mass is 79.9. The van der Waals surface area contributed by atoms with Crippen molar-refractivity contribution in [2.45, 2.75) is 13.0 Å². The second kappa shape index (κ2) is 4.97. The van der Waals surface area contributed by atoms with Gasteiger partial charge in [0.05, 0.1) is 22.3 Å². The van der Waals surface area contributed by atoms with Crippen molar-refractivity contribution in [3.63, 3.8) is 0 Å². The van der Waals surface area contributed by atoms with Gasteiger partial charge in [0, 0.05) is 0 Å². The van der Waals surface area contributed by atoms with E-state index in [1.165, 1.54) is 17.0 Å². The monoisotopic (exact) mass is 325 g/mol. The minimum absolute atomic E-state index is 0.0260. The molecule has 98 valence electrons. The average Bonchev–Trinajstić information content (AvgIpc) is 2.37. The van der Waals surface area contributed by atoms with Crippen LogP contribution in [0.4, 0.5) is 10.1 Å². The van der Waals surface area contributed by atoms with Crippen LogP contribution in [0.5, 0.6) is 0 Å². The van der Waals surface area contributed by atoms with Gasteiger partial charge in [-0.2, -0.15) is 5.26 Å². The predicted molar refractivity (Wildman–Crippen MR) is 68.8 cm³/mol. The molecule has 2 rings (SSSR count). The summed E-state index contributed by atoms with van der Waals surface area (Å²) in [5.41, 5.74) is 0.267. The smallest absolute Gasteiger partial charge is 0.249 e. The Bertz CT molecular complexity index is 612. The molecule has 1 unspecified atom stereocenters. The first-order valence-corrected chi connectivity index (χ1v) is 6.23. The molecule has 0 saturated carbocycles. The highest BCUT2D eigenvalue weighted by Crippen LogP contribution is 2.30. The van der Waals surface area contributed by atoms with Crippen LogP contribution in [-0.4, -0.2) is 24.4 Å². The Labute approximate surface area is 117 Å². The summed E-state index contributed by atoms with van der Waals surface area (Å²) in [5.74, 6) is -1.62. The van der Waals surface area contributed by atoms with Gasteiger partial charge in [-0.25, -0.2) is 4.39 Å². The lowest BCUT2D eigenvalue weighted by Crippen LogP contribution is -2.57. The molecule has 1 N–H and O–H groups in total. The molecule has 0 radical (unpaired) electrons. The molecule has 5 nitrogen and oxygen atoms in total. The molecule has 1 fully saturated rings. The molecule has 1 aliphatic rings. The fraction of sp³-hybridized carbons (Fsp3) is 0.250. The van der Waals surface area contributed by atoms with Crippen molar-refractivity contribution in [1.29, 1.82) is 5.26 Å². The van der Waals surface area contributed by atoms with Crippen molar-refractivity contribution in [1.82, 2.24) is 5.32 Å². The van der Waals surface area contributed by atoms with Gasteiger partial charge in [-0.05, 0) is 35.0 Å². The molecule has 0 aromatic heterocycles. The number of carbonyl (C=O) groups is 2. The lowest BCUT2D eigenvalue weighted by molar-refractivity contribution is -0.132. The number of anilines is 1. The number of hydrogen-bond acceptors (Lipinski definition) is 4. The maximum absolute atomic E-state index is 14.2. The molecule has 1 aromatic carbocycles. The second-order valence-electron chi connectivity index (χ2n) is 4.09. The van der Waals surface area contributed by atoms with Crippen LogP contribution in [0.3, 0.4) is 0 Å². The quantitative estimate of drug-likeness (QED) is 0.790. The van der Waals surface area contributed by atoms with Crippen molar-refractivity contribution in [3.05, 3.63) is 28.0 Å². The van der Waals surface area contributed by atoms with Gasteiger partial charge in [0.2, 0.25) is 11.8 Å². The van der Waals surface area contributed by atoms with Crippen LogP contribution in [0.25, 0.3) is 0 Å². The van der Waals surface area contributed by atoms with Crippen LogP contribution in [0.2, 0.25) is 0 Å². The van der Waals surface area contributed by atoms with Gasteiger partial charge in [0.15, 0.2) is 5.82 Å².